The van der Waals surface area contributed by atoms with Crippen molar-refractivity contribution in [3.63, 3.8) is 0 Å². The van der Waals surface area contributed by atoms with E-state index < -0.39 is 12.0 Å². The summed E-state index contributed by atoms with van der Waals surface area (Å²) in [6, 6.07) is 28.9. The lowest BCUT2D eigenvalue weighted by Crippen LogP contribution is -2.40. The van der Waals surface area contributed by atoms with Crippen LogP contribution in [0.2, 0.25) is 5.02 Å². The van der Waals surface area contributed by atoms with Gasteiger partial charge in [-0.25, -0.2) is 9.79 Å². The van der Waals surface area contributed by atoms with Gasteiger partial charge in [-0.15, -0.1) is 0 Å². The number of hydrogen-bond donors (Lipinski definition) is 0. The molecule has 4 aromatic carbocycles. The van der Waals surface area contributed by atoms with Gasteiger partial charge in [0, 0.05) is 26.2 Å². The first kappa shape index (κ1) is 32.9. The Kier molecular flexibility index (Phi) is 10.1. The summed E-state index contributed by atoms with van der Waals surface area (Å²) in [6.07, 6.45) is 1.78. The molecule has 0 N–H and O–H groups in total. The number of benzene rings is 4. The van der Waals surface area contributed by atoms with Crippen molar-refractivity contribution in [2.75, 3.05) is 6.61 Å². The van der Waals surface area contributed by atoms with Gasteiger partial charge in [-0.3, -0.25) is 9.36 Å². The van der Waals surface area contributed by atoms with Crippen LogP contribution in [0.4, 0.5) is 0 Å². The zero-order valence-electron chi connectivity index (χ0n) is 24.7. The van der Waals surface area contributed by atoms with Crippen LogP contribution in [-0.4, -0.2) is 17.1 Å². The van der Waals surface area contributed by atoms with Gasteiger partial charge in [-0.05, 0) is 71.5 Å². The van der Waals surface area contributed by atoms with Crippen molar-refractivity contribution in [1.29, 1.82) is 5.26 Å². The summed E-state index contributed by atoms with van der Waals surface area (Å²) >= 11 is 13.2. The van der Waals surface area contributed by atoms with Crippen molar-refractivity contribution in [2.24, 2.45) is 4.99 Å². The standard InChI is InChI=1S/C36H24BrClIN3O4S/c1-2-45-35(44)30-31(21-8-4-3-5-9-21)41-36-42(32(30)22-12-14-27(38)15-13-22)34(43)29(47-36)17-25-16-26(37)18-28(39)33(25)46-20-24-11-7-6-10-23(24)19-40/h3-18,32H,2,20H2,1H3/b29-17-/t32-/m1/s1. The van der Waals surface area contributed by atoms with Gasteiger partial charge in [0.2, 0.25) is 0 Å². The van der Waals surface area contributed by atoms with E-state index in [1.165, 1.54) is 11.3 Å². The minimum Gasteiger partial charge on any atom is -0.487 e. The van der Waals surface area contributed by atoms with Gasteiger partial charge in [0.05, 0.1) is 43.7 Å². The number of nitriles is 1. The second-order valence-electron chi connectivity index (χ2n) is 10.3. The van der Waals surface area contributed by atoms with E-state index in [-0.39, 0.29) is 24.3 Å². The monoisotopic (exact) mass is 835 g/mol. The number of carbonyl (C=O) groups excluding carboxylic acids is 1. The highest BCUT2D eigenvalue weighted by atomic mass is 127. The van der Waals surface area contributed by atoms with E-state index >= 15 is 0 Å². The molecule has 5 aromatic rings. The summed E-state index contributed by atoms with van der Waals surface area (Å²) in [5.41, 5.74) is 3.74. The van der Waals surface area contributed by atoms with Crippen molar-refractivity contribution in [2.45, 2.75) is 19.6 Å². The zero-order chi connectivity index (χ0) is 33.1. The third-order valence-electron chi connectivity index (χ3n) is 7.39. The normalized spacial score (nSPS) is 14.3. The van der Waals surface area contributed by atoms with Gasteiger partial charge in [-0.2, -0.15) is 5.26 Å². The molecule has 2 heterocycles. The second kappa shape index (κ2) is 14.4. The van der Waals surface area contributed by atoms with Gasteiger partial charge in [0.15, 0.2) is 4.80 Å². The molecule has 11 heteroatoms. The third-order valence-corrected chi connectivity index (χ3v) is 9.89. The van der Waals surface area contributed by atoms with Crippen LogP contribution in [0.25, 0.3) is 11.8 Å². The molecule has 0 saturated heterocycles. The molecule has 0 unspecified atom stereocenters. The Morgan fingerprint density at radius 1 is 1.11 bits per heavy atom. The van der Waals surface area contributed by atoms with Gasteiger partial charge in [0.1, 0.15) is 12.4 Å². The third kappa shape index (κ3) is 6.85. The van der Waals surface area contributed by atoms with Crippen LogP contribution in [0.15, 0.2) is 111 Å². The minimum absolute atomic E-state index is 0.158. The van der Waals surface area contributed by atoms with E-state index in [0.717, 1.165) is 19.2 Å². The lowest BCUT2D eigenvalue weighted by molar-refractivity contribution is -0.138. The summed E-state index contributed by atoms with van der Waals surface area (Å²) in [6.45, 7) is 2.07. The predicted octanol–water partition coefficient (Wildman–Crippen LogP) is 7.41. The smallest absolute Gasteiger partial charge is 0.338 e. The number of esters is 1. The van der Waals surface area contributed by atoms with E-state index in [4.69, 9.17) is 26.1 Å². The summed E-state index contributed by atoms with van der Waals surface area (Å²) in [5.74, 6) is 0.0121. The van der Waals surface area contributed by atoms with Crippen LogP contribution >= 0.6 is 61.5 Å². The number of fused-ring (bicyclic) bond motifs is 1. The fourth-order valence-corrected chi connectivity index (χ4v) is 8.11. The maximum absolute atomic E-state index is 14.4. The van der Waals surface area contributed by atoms with Gasteiger partial charge in [-0.1, -0.05) is 99.5 Å². The van der Waals surface area contributed by atoms with Crippen molar-refractivity contribution in [3.8, 4) is 11.8 Å². The lowest BCUT2D eigenvalue weighted by atomic mass is 9.93. The lowest BCUT2D eigenvalue weighted by Gasteiger charge is -2.26. The number of aromatic nitrogens is 1. The maximum atomic E-state index is 14.4. The number of nitrogens with zero attached hydrogens (tertiary/aromatic N) is 3. The number of ether oxygens (including phenoxy) is 2. The molecule has 1 aliphatic rings. The molecule has 47 heavy (non-hydrogen) atoms. The van der Waals surface area contributed by atoms with E-state index in [2.05, 4.69) is 44.6 Å². The van der Waals surface area contributed by atoms with Crippen molar-refractivity contribution < 1.29 is 14.3 Å². The molecular weight excluding hydrogens is 813 g/mol. The molecule has 0 aliphatic carbocycles. The summed E-state index contributed by atoms with van der Waals surface area (Å²) < 4.78 is 15.4. The molecule has 234 valence electrons. The van der Waals surface area contributed by atoms with E-state index in [1.54, 1.807) is 47.9 Å². The Morgan fingerprint density at radius 2 is 1.83 bits per heavy atom. The number of carbonyl (C=O) groups is 1. The quantitative estimate of drug-likeness (QED) is 0.120. The highest BCUT2D eigenvalue weighted by Gasteiger charge is 2.35. The van der Waals surface area contributed by atoms with Crippen LogP contribution in [-0.2, 0) is 16.1 Å². The predicted molar refractivity (Wildman–Crippen MR) is 195 cm³/mol. The fourth-order valence-electron chi connectivity index (χ4n) is 5.29. The number of halogens is 3. The van der Waals surface area contributed by atoms with Gasteiger partial charge < -0.3 is 9.47 Å². The Bertz CT molecular complexity index is 2260. The Labute approximate surface area is 301 Å². The molecule has 6 rings (SSSR count). The number of thiazole rings is 1. The Hall–Kier alpha value is -4.02. The first-order valence-corrected chi connectivity index (χ1v) is 17.5. The van der Waals surface area contributed by atoms with Crippen molar-refractivity contribution >= 4 is 79.2 Å². The SMILES string of the molecule is CCOC(=O)C1=C(c2ccccc2)N=c2s/c(=C\c3cc(Br)cc(I)c3OCc3ccccc3C#N)c(=O)n2[C@@H]1c1ccc(Cl)cc1. The number of hydrogen-bond acceptors (Lipinski definition) is 7. The van der Waals surface area contributed by atoms with Crippen LogP contribution in [0.1, 0.15) is 40.8 Å². The van der Waals surface area contributed by atoms with Gasteiger partial charge in [0.25, 0.3) is 5.56 Å². The van der Waals surface area contributed by atoms with Gasteiger partial charge >= 0.3 is 5.97 Å². The van der Waals surface area contributed by atoms with Crippen LogP contribution < -0.4 is 19.6 Å². The van der Waals surface area contributed by atoms with Crippen LogP contribution in [0.3, 0.4) is 0 Å². The molecule has 0 fully saturated rings. The first-order chi connectivity index (χ1) is 22.8. The molecule has 0 radical (unpaired) electrons. The topological polar surface area (TPSA) is 93.7 Å². The zero-order valence-corrected chi connectivity index (χ0v) is 30.1. The molecule has 0 bridgehead atoms. The van der Waals surface area contributed by atoms with E-state index in [1.807, 2.05) is 60.7 Å². The summed E-state index contributed by atoms with van der Waals surface area (Å²) in [5, 5.41) is 10.1. The fraction of sp³-hybridized carbons (Fsp3) is 0.111. The molecule has 1 aliphatic heterocycles. The van der Waals surface area contributed by atoms with Crippen molar-refractivity contribution in [3.05, 3.63) is 157 Å². The highest BCUT2D eigenvalue weighted by Crippen LogP contribution is 2.36. The summed E-state index contributed by atoms with van der Waals surface area (Å²) in [7, 11) is 0. The second-order valence-corrected chi connectivity index (χ2v) is 13.9. The molecule has 0 spiro atoms. The molecule has 7 nitrogen and oxygen atoms in total. The van der Waals surface area contributed by atoms with E-state index in [9.17, 15) is 14.9 Å². The average molecular weight is 837 g/mol. The molecule has 0 amide bonds. The molecule has 1 aromatic heterocycles. The minimum atomic E-state index is -0.819. The van der Waals surface area contributed by atoms with Crippen molar-refractivity contribution in [1.82, 2.24) is 4.57 Å². The summed E-state index contributed by atoms with van der Waals surface area (Å²) in [4.78, 5) is 33.4. The largest absolute Gasteiger partial charge is 0.487 e. The molecular formula is C36H24BrClIN3O4S. The number of rotatable bonds is 8. The van der Waals surface area contributed by atoms with E-state index in [0.29, 0.717) is 42.5 Å². The highest BCUT2D eigenvalue weighted by molar-refractivity contribution is 14.1. The van der Waals surface area contributed by atoms with Crippen LogP contribution in [0.5, 0.6) is 5.75 Å². The first-order valence-electron chi connectivity index (χ1n) is 14.4. The molecule has 0 saturated carbocycles. The Morgan fingerprint density at radius 3 is 2.55 bits per heavy atom. The maximum Gasteiger partial charge on any atom is 0.338 e. The Balaban J connectivity index is 1.56. The molecule has 1 atom stereocenters. The van der Waals surface area contributed by atoms with Crippen LogP contribution in [0, 0.1) is 14.9 Å². The average Bonchev–Trinajstić information content (AvgIpc) is 3.38.